The molecule has 1 atom stereocenters. The second-order valence-electron chi connectivity index (χ2n) is 7.30. The molecule has 0 bridgehead atoms. The fourth-order valence-electron chi connectivity index (χ4n) is 3.96. The number of halogens is 1. The van der Waals surface area contributed by atoms with E-state index in [9.17, 15) is 10.1 Å². The first kappa shape index (κ1) is 22.4. The van der Waals surface area contributed by atoms with Crippen LogP contribution in [0.2, 0.25) is 0 Å². The predicted octanol–water partition coefficient (Wildman–Crippen LogP) is 4.69. The quantitative estimate of drug-likeness (QED) is 0.571. The predicted molar refractivity (Wildman–Crippen MR) is 127 cm³/mol. The summed E-state index contributed by atoms with van der Waals surface area (Å²) in [5.41, 5.74) is 2.39. The van der Waals surface area contributed by atoms with Crippen molar-refractivity contribution in [2.45, 2.75) is 12.3 Å². The van der Waals surface area contributed by atoms with E-state index in [2.05, 4.69) is 26.9 Å². The molecule has 0 aliphatic carbocycles. The van der Waals surface area contributed by atoms with Crippen molar-refractivity contribution in [1.29, 1.82) is 5.26 Å². The van der Waals surface area contributed by atoms with Crippen LogP contribution in [0.1, 0.15) is 17.9 Å². The molecule has 0 unspecified atom stereocenters. The number of carbonyl (C=O) groups excluding carboxylic acids is 1. The van der Waals surface area contributed by atoms with Gasteiger partial charge < -0.3 is 19.1 Å². The van der Waals surface area contributed by atoms with Crippen molar-refractivity contribution in [3.05, 3.63) is 57.0 Å². The minimum Gasteiger partial charge on any atom is -0.493 e. The summed E-state index contributed by atoms with van der Waals surface area (Å²) < 4.78 is 17.3. The molecule has 0 radical (unpaired) electrons. The summed E-state index contributed by atoms with van der Waals surface area (Å²) in [6, 6.07) is 14.0. The SMILES string of the molecule is COc1cc([C@@H]2CC(=O)N3CN(c4ccc(Br)cc4)CSC3=C2C#N)cc(OC)c1OC. The highest BCUT2D eigenvalue weighted by molar-refractivity contribution is 9.10. The number of amides is 1. The van der Waals surface area contributed by atoms with E-state index in [-0.39, 0.29) is 18.2 Å². The van der Waals surface area contributed by atoms with Crippen LogP contribution in [-0.2, 0) is 4.79 Å². The molecule has 1 amide bonds. The Morgan fingerprint density at radius 1 is 1.09 bits per heavy atom. The van der Waals surface area contributed by atoms with Crippen LogP contribution >= 0.6 is 27.7 Å². The summed E-state index contributed by atoms with van der Waals surface area (Å²) in [5, 5.41) is 10.8. The zero-order valence-corrected chi connectivity index (χ0v) is 20.3. The molecule has 0 N–H and O–H groups in total. The number of fused-ring (bicyclic) bond motifs is 1. The number of ether oxygens (including phenoxy) is 3. The van der Waals surface area contributed by atoms with Crippen molar-refractivity contribution in [3.63, 3.8) is 0 Å². The maximum atomic E-state index is 13.2. The number of hydrogen-bond donors (Lipinski definition) is 0. The maximum absolute atomic E-state index is 13.2. The molecule has 7 nitrogen and oxygen atoms in total. The molecule has 166 valence electrons. The molecule has 0 aromatic heterocycles. The largest absolute Gasteiger partial charge is 0.493 e. The minimum absolute atomic E-state index is 0.0212. The summed E-state index contributed by atoms with van der Waals surface area (Å²) in [6.45, 7) is 0.413. The average Bonchev–Trinajstić information content (AvgIpc) is 2.83. The molecule has 2 aliphatic rings. The van der Waals surface area contributed by atoms with Crippen LogP contribution in [0.15, 0.2) is 51.5 Å². The molecular formula is C23H22BrN3O4S. The minimum atomic E-state index is -0.376. The zero-order chi connectivity index (χ0) is 22.8. The van der Waals surface area contributed by atoms with Crippen molar-refractivity contribution in [2.24, 2.45) is 0 Å². The van der Waals surface area contributed by atoms with E-state index in [1.807, 2.05) is 36.4 Å². The van der Waals surface area contributed by atoms with Gasteiger partial charge in [-0.05, 0) is 42.0 Å². The van der Waals surface area contributed by atoms with E-state index < -0.39 is 0 Å². The Balaban J connectivity index is 1.70. The fourth-order valence-corrected chi connectivity index (χ4v) is 5.40. The van der Waals surface area contributed by atoms with Crippen LogP contribution in [0, 0.1) is 11.3 Å². The second kappa shape index (κ2) is 9.35. The van der Waals surface area contributed by atoms with Gasteiger partial charge in [0.05, 0.1) is 50.5 Å². The number of nitrogens with zero attached hydrogens (tertiary/aromatic N) is 3. The van der Waals surface area contributed by atoms with Gasteiger partial charge in [-0.25, -0.2) is 0 Å². The van der Waals surface area contributed by atoms with E-state index in [4.69, 9.17) is 14.2 Å². The van der Waals surface area contributed by atoms with Crippen LogP contribution < -0.4 is 19.1 Å². The highest BCUT2D eigenvalue weighted by Crippen LogP contribution is 2.47. The first-order valence-electron chi connectivity index (χ1n) is 9.88. The van der Waals surface area contributed by atoms with Crippen LogP contribution in [0.5, 0.6) is 17.2 Å². The van der Waals surface area contributed by atoms with E-state index in [0.717, 1.165) is 20.8 Å². The third-order valence-electron chi connectivity index (χ3n) is 5.57. The highest BCUT2D eigenvalue weighted by atomic mass is 79.9. The van der Waals surface area contributed by atoms with Crippen molar-refractivity contribution in [1.82, 2.24) is 4.90 Å². The topological polar surface area (TPSA) is 75.0 Å². The number of allylic oxidation sites excluding steroid dienone is 1. The monoisotopic (exact) mass is 515 g/mol. The lowest BCUT2D eigenvalue weighted by molar-refractivity contribution is -0.129. The molecule has 1 saturated heterocycles. The fraction of sp³-hybridized carbons (Fsp3) is 0.304. The number of rotatable bonds is 5. The molecule has 0 saturated carbocycles. The Hall–Kier alpha value is -2.83. The molecule has 2 aromatic carbocycles. The molecule has 32 heavy (non-hydrogen) atoms. The first-order valence-corrected chi connectivity index (χ1v) is 11.7. The summed E-state index contributed by atoms with van der Waals surface area (Å²) in [6.07, 6.45) is 0.194. The third-order valence-corrected chi connectivity index (χ3v) is 7.26. The lowest BCUT2D eigenvalue weighted by Crippen LogP contribution is -2.47. The Labute approximate surface area is 199 Å². The lowest BCUT2D eigenvalue weighted by Gasteiger charge is -2.42. The first-order chi connectivity index (χ1) is 15.5. The smallest absolute Gasteiger partial charge is 0.229 e. The summed E-state index contributed by atoms with van der Waals surface area (Å²) >= 11 is 4.96. The second-order valence-corrected chi connectivity index (χ2v) is 9.15. The Morgan fingerprint density at radius 3 is 2.31 bits per heavy atom. The van der Waals surface area contributed by atoms with Crippen LogP contribution in [0.3, 0.4) is 0 Å². The number of nitriles is 1. The summed E-state index contributed by atoms with van der Waals surface area (Å²) in [7, 11) is 4.64. The number of benzene rings is 2. The summed E-state index contributed by atoms with van der Waals surface area (Å²) in [4.78, 5) is 17.0. The molecular weight excluding hydrogens is 494 g/mol. The van der Waals surface area contributed by atoms with Crippen molar-refractivity contribution < 1.29 is 19.0 Å². The third kappa shape index (κ3) is 4.00. The highest BCUT2D eigenvalue weighted by Gasteiger charge is 2.39. The maximum Gasteiger partial charge on any atom is 0.229 e. The van der Waals surface area contributed by atoms with E-state index in [1.54, 1.807) is 26.2 Å². The molecule has 2 aliphatic heterocycles. The lowest BCUT2D eigenvalue weighted by atomic mass is 9.86. The van der Waals surface area contributed by atoms with Crippen LogP contribution in [0.4, 0.5) is 5.69 Å². The molecule has 2 aromatic rings. The van der Waals surface area contributed by atoms with Crippen molar-refractivity contribution in [3.8, 4) is 23.3 Å². The van der Waals surface area contributed by atoms with Gasteiger partial charge in [0.25, 0.3) is 0 Å². The Bertz CT molecular complexity index is 1090. The number of hydrogen-bond acceptors (Lipinski definition) is 7. The van der Waals surface area contributed by atoms with Crippen LogP contribution in [0.25, 0.3) is 0 Å². The van der Waals surface area contributed by atoms with Crippen LogP contribution in [-0.4, -0.2) is 44.7 Å². The van der Waals surface area contributed by atoms with Gasteiger partial charge in [-0.1, -0.05) is 27.7 Å². The van der Waals surface area contributed by atoms with Gasteiger partial charge in [0.1, 0.15) is 0 Å². The normalized spacial score (nSPS) is 18.2. The van der Waals surface area contributed by atoms with E-state index in [1.165, 1.54) is 11.8 Å². The Kier molecular flexibility index (Phi) is 6.53. The zero-order valence-electron chi connectivity index (χ0n) is 17.9. The van der Waals surface area contributed by atoms with Gasteiger partial charge in [-0.15, -0.1) is 0 Å². The molecule has 1 fully saturated rings. The van der Waals surface area contributed by atoms with Gasteiger partial charge >= 0.3 is 0 Å². The van der Waals surface area contributed by atoms with Gasteiger partial charge in [0.2, 0.25) is 11.7 Å². The van der Waals surface area contributed by atoms with Gasteiger partial charge in [-0.2, -0.15) is 5.26 Å². The van der Waals surface area contributed by atoms with Crippen molar-refractivity contribution >= 4 is 39.3 Å². The summed E-state index contributed by atoms with van der Waals surface area (Å²) in [5.74, 6) is 1.72. The van der Waals surface area contributed by atoms with Gasteiger partial charge in [-0.3, -0.25) is 9.69 Å². The molecule has 9 heteroatoms. The molecule has 2 heterocycles. The van der Waals surface area contributed by atoms with Crippen molar-refractivity contribution in [2.75, 3.05) is 38.8 Å². The van der Waals surface area contributed by atoms with Gasteiger partial charge in [0.15, 0.2) is 11.5 Å². The standard InChI is InChI=1S/C23H22BrN3O4S/c1-29-19-8-14(9-20(30-2)22(19)31-3)17-10-21(28)27-12-26(13-32-23(27)18(17)11-25)16-6-4-15(24)5-7-16/h4-9,17H,10,12-13H2,1-3H3/t17-/m0/s1. The van der Waals surface area contributed by atoms with Gasteiger partial charge in [0, 0.05) is 22.5 Å². The van der Waals surface area contributed by atoms with E-state index in [0.29, 0.717) is 35.4 Å². The molecule has 0 spiro atoms. The molecule has 4 rings (SSSR count). The number of carbonyl (C=O) groups is 1. The average molecular weight is 516 g/mol. The number of thioether (sulfide) groups is 1. The Morgan fingerprint density at radius 2 is 1.75 bits per heavy atom. The van der Waals surface area contributed by atoms with E-state index >= 15 is 0 Å². The number of anilines is 1. The number of methoxy groups -OCH3 is 3.